The lowest BCUT2D eigenvalue weighted by Crippen LogP contribution is -2.71. The van der Waals surface area contributed by atoms with Crippen molar-refractivity contribution in [2.24, 2.45) is 22.7 Å². The number of aliphatic imine (C=N–C) groups is 1. The highest BCUT2D eigenvalue weighted by Gasteiger charge is 2.72. The largest absolute Gasteiger partial charge is 0.347 e. The summed E-state index contributed by atoms with van der Waals surface area (Å²) in [7, 11) is 2.03. The minimum atomic E-state index is -2.01. The maximum absolute atomic E-state index is 14.4. The van der Waals surface area contributed by atoms with Gasteiger partial charge in [-0.1, -0.05) is 45.9 Å². The first kappa shape index (κ1) is 29.1. The number of fused-ring (bicyclic) bond motifs is 5. The van der Waals surface area contributed by atoms with Gasteiger partial charge in [0.2, 0.25) is 17.5 Å². The fourth-order valence-electron chi connectivity index (χ4n) is 8.30. The molecule has 5 heterocycles. The van der Waals surface area contributed by atoms with Gasteiger partial charge in [0.25, 0.3) is 11.8 Å². The van der Waals surface area contributed by atoms with E-state index >= 15 is 0 Å². The van der Waals surface area contributed by atoms with Crippen molar-refractivity contribution in [2.75, 3.05) is 20.1 Å². The minimum Gasteiger partial charge on any atom is -0.347 e. The molecule has 43 heavy (non-hydrogen) atoms. The summed E-state index contributed by atoms with van der Waals surface area (Å²) in [6.07, 6.45) is 4.54. The number of hydrogen-bond donors (Lipinski definition) is 2. The maximum Gasteiger partial charge on any atom is 0.281 e. The van der Waals surface area contributed by atoms with E-state index in [0.717, 1.165) is 27.9 Å². The van der Waals surface area contributed by atoms with E-state index in [4.69, 9.17) is 9.73 Å². The number of amides is 3. The molecule has 0 aromatic heterocycles. The van der Waals surface area contributed by atoms with E-state index in [0.29, 0.717) is 32.4 Å². The Labute approximate surface area is 260 Å². The van der Waals surface area contributed by atoms with Gasteiger partial charge in [-0.05, 0) is 77.3 Å². The van der Waals surface area contributed by atoms with E-state index in [1.165, 1.54) is 10.5 Å². The second-order valence-corrected chi connectivity index (χ2v) is 14.6. The Morgan fingerprint density at radius 1 is 1.26 bits per heavy atom. The maximum atomic E-state index is 14.4. The average molecular weight is 655 g/mol. The number of halogens is 1. The summed E-state index contributed by atoms with van der Waals surface area (Å²) in [5.74, 6) is -3.82. The number of piperazine rings is 1. The van der Waals surface area contributed by atoms with Gasteiger partial charge in [0, 0.05) is 31.0 Å². The van der Waals surface area contributed by atoms with Crippen LogP contribution in [0.15, 0.2) is 29.3 Å². The average Bonchev–Trinajstić information content (AvgIpc) is 3.63. The number of benzene rings is 1. The SMILES string of the molecule is CC(C)C[C@@H]1C(=O)N2CCC[C@H]2[C@@]2(O)O[C@](NC(=O)[C@H]3C=C4c5cccc6c5C(C[C@H]4N(C)C3)C(Br)=N6)(C(C)C)C(=O)N12. The molecule has 3 amide bonds. The summed E-state index contributed by atoms with van der Waals surface area (Å²) in [6, 6.07) is 4.73. The fourth-order valence-corrected chi connectivity index (χ4v) is 8.90. The van der Waals surface area contributed by atoms with E-state index in [2.05, 4.69) is 32.2 Å². The van der Waals surface area contributed by atoms with Gasteiger partial charge in [-0.3, -0.25) is 28.9 Å². The second kappa shape index (κ2) is 9.95. The standard InChI is InChI=1S/C32H40BrN5O5/c1-16(2)12-24-29(40)37-11-7-10-25(37)32(42)38(24)30(41)31(43-32,17(3)4)35-28(39)18-13-20-19-8-6-9-22-26(19)21(27(33)34-22)14-23(20)36(5)15-18/h6,8-9,13,16-18,21,23-25,42H,7,10-12,14-15H2,1-5H3,(H,35,39)/t18-,21?,23+,24+,25-,31+,32+/m0/s1. The summed E-state index contributed by atoms with van der Waals surface area (Å²) in [5.41, 5.74) is 2.55. The quantitative estimate of drug-likeness (QED) is 0.504. The van der Waals surface area contributed by atoms with Gasteiger partial charge in [0.1, 0.15) is 12.1 Å². The lowest BCUT2D eigenvalue weighted by atomic mass is 9.74. The Bertz CT molecular complexity index is 1480. The number of ether oxygens (including phenoxy) is 1. The Morgan fingerprint density at radius 2 is 2.02 bits per heavy atom. The zero-order valence-corrected chi connectivity index (χ0v) is 26.9. The van der Waals surface area contributed by atoms with Crippen molar-refractivity contribution in [1.82, 2.24) is 20.0 Å². The first-order valence-electron chi connectivity index (χ1n) is 15.6. The number of rotatable bonds is 5. The molecule has 3 saturated heterocycles. The molecule has 230 valence electrons. The smallest absolute Gasteiger partial charge is 0.281 e. The third-order valence-electron chi connectivity index (χ3n) is 10.4. The van der Waals surface area contributed by atoms with Crippen LogP contribution in [-0.4, -0.2) is 92.0 Å². The number of nitrogens with zero attached hydrogens (tertiary/aromatic N) is 4. The number of hydrogen-bond acceptors (Lipinski definition) is 7. The molecular weight excluding hydrogens is 614 g/mol. The molecule has 0 bridgehead atoms. The molecular formula is C32H40BrN5O5. The van der Waals surface area contributed by atoms with Crippen LogP contribution in [0.1, 0.15) is 70.4 Å². The molecule has 11 heteroatoms. The molecule has 7 atom stereocenters. The summed E-state index contributed by atoms with van der Waals surface area (Å²) in [6.45, 7) is 8.57. The molecule has 6 aliphatic rings. The molecule has 5 aliphatic heterocycles. The second-order valence-electron chi connectivity index (χ2n) is 13.8. The van der Waals surface area contributed by atoms with Crippen LogP contribution in [0.25, 0.3) is 5.57 Å². The summed E-state index contributed by atoms with van der Waals surface area (Å²) < 4.78 is 7.39. The molecule has 3 fully saturated rings. The van der Waals surface area contributed by atoms with Crippen LogP contribution >= 0.6 is 15.9 Å². The van der Waals surface area contributed by atoms with Crippen LogP contribution in [0.2, 0.25) is 0 Å². The van der Waals surface area contributed by atoms with Crippen LogP contribution in [0.3, 0.4) is 0 Å². The fraction of sp³-hybridized carbons (Fsp3) is 0.625. The first-order chi connectivity index (χ1) is 20.4. The highest BCUT2D eigenvalue weighted by molar-refractivity contribution is 9.18. The molecule has 10 nitrogen and oxygen atoms in total. The number of likely N-dealkylation sites (N-methyl/N-ethyl adjacent to an activating group) is 1. The molecule has 0 saturated carbocycles. The highest BCUT2D eigenvalue weighted by Crippen LogP contribution is 2.52. The molecule has 1 aliphatic carbocycles. The number of carbonyl (C=O) groups excluding carboxylic acids is 3. The van der Waals surface area contributed by atoms with Crippen molar-refractivity contribution in [3.05, 3.63) is 35.4 Å². The number of nitrogens with one attached hydrogen (secondary N) is 1. The lowest BCUT2D eigenvalue weighted by Gasteiger charge is -2.49. The van der Waals surface area contributed by atoms with Crippen LogP contribution in [0.4, 0.5) is 5.69 Å². The topological polar surface area (TPSA) is 115 Å². The Kier molecular flexibility index (Phi) is 6.74. The monoisotopic (exact) mass is 653 g/mol. The van der Waals surface area contributed by atoms with Crippen molar-refractivity contribution >= 4 is 49.5 Å². The van der Waals surface area contributed by atoms with Crippen LogP contribution in [0.5, 0.6) is 0 Å². The van der Waals surface area contributed by atoms with Crippen molar-refractivity contribution in [2.45, 2.75) is 89.1 Å². The van der Waals surface area contributed by atoms with E-state index in [-0.39, 0.29) is 29.7 Å². The highest BCUT2D eigenvalue weighted by atomic mass is 79.9. The minimum absolute atomic E-state index is 0.103. The summed E-state index contributed by atoms with van der Waals surface area (Å²) in [5, 5.41) is 15.1. The Hall–Kier alpha value is -2.60. The van der Waals surface area contributed by atoms with Gasteiger partial charge < -0.3 is 15.3 Å². The van der Waals surface area contributed by atoms with E-state index in [9.17, 15) is 19.5 Å². The van der Waals surface area contributed by atoms with E-state index < -0.39 is 41.5 Å². The Morgan fingerprint density at radius 3 is 2.74 bits per heavy atom. The van der Waals surface area contributed by atoms with Crippen LogP contribution < -0.4 is 5.32 Å². The zero-order valence-electron chi connectivity index (χ0n) is 25.3. The van der Waals surface area contributed by atoms with E-state index in [1.807, 2.05) is 39.1 Å². The summed E-state index contributed by atoms with van der Waals surface area (Å²) in [4.78, 5) is 52.1. The van der Waals surface area contributed by atoms with Crippen molar-refractivity contribution in [3.8, 4) is 0 Å². The van der Waals surface area contributed by atoms with Crippen LogP contribution in [0, 0.1) is 17.8 Å². The first-order valence-corrected chi connectivity index (χ1v) is 16.3. The number of aliphatic hydroxyl groups is 1. The molecule has 1 aromatic rings. The Balaban J connectivity index is 1.23. The molecule has 1 unspecified atom stereocenters. The zero-order chi connectivity index (χ0) is 30.6. The van der Waals surface area contributed by atoms with Crippen LogP contribution in [-0.2, 0) is 19.1 Å². The third-order valence-corrected chi connectivity index (χ3v) is 11.1. The molecule has 2 N–H and O–H groups in total. The van der Waals surface area contributed by atoms with Crippen molar-refractivity contribution < 1.29 is 24.2 Å². The van der Waals surface area contributed by atoms with Gasteiger partial charge >= 0.3 is 0 Å². The van der Waals surface area contributed by atoms with Gasteiger partial charge in [0.05, 0.1) is 16.2 Å². The molecule has 0 spiro atoms. The van der Waals surface area contributed by atoms with Gasteiger partial charge in [-0.2, -0.15) is 0 Å². The third kappa shape index (κ3) is 4.07. The van der Waals surface area contributed by atoms with Gasteiger partial charge in [0.15, 0.2) is 0 Å². The summed E-state index contributed by atoms with van der Waals surface area (Å²) >= 11 is 3.68. The van der Waals surface area contributed by atoms with Gasteiger partial charge in [-0.25, -0.2) is 4.99 Å². The predicted molar refractivity (Wildman–Crippen MR) is 164 cm³/mol. The normalized spacial score (nSPS) is 36.4. The van der Waals surface area contributed by atoms with Gasteiger partial charge in [-0.15, -0.1) is 0 Å². The van der Waals surface area contributed by atoms with Crippen molar-refractivity contribution in [3.63, 3.8) is 0 Å². The van der Waals surface area contributed by atoms with E-state index in [1.54, 1.807) is 18.7 Å². The molecule has 1 aromatic carbocycles. The molecule has 7 rings (SSSR count). The lowest BCUT2D eigenvalue weighted by molar-refractivity contribution is -0.322. The number of carbonyl (C=O) groups is 3. The molecule has 0 radical (unpaired) electrons. The van der Waals surface area contributed by atoms with Crippen molar-refractivity contribution in [1.29, 1.82) is 0 Å². The predicted octanol–water partition coefficient (Wildman–Crippen LogP) is 3.32.